The Hall–Kier alpha value is -1.97. The summed E-state index contributed by atoms with van der Waals surface area (Å²) >= 11 is 3.35. The number of aromatic nitrogens is 2. The maximum atomic E-state index is 8.81. The molecule has 2 heterocycles. The molecule has 0 unspecified atom stereocenters. The third-order valence-electron chi connectivity index (χ3n) is 3.18. The molecular formula is C14H12BrN5. The van der Waals surface area contributed by atoms with Crippen molar-refractivity contribution in [3.63, 3.8) is 0 Å². The lowest BCUT2D eigenvalue weighted by Crippen LogP contribution is -2.26. The molecule has 0 bridgehead atoms. The lowest BCUT2D eigenvalue weighted by Gasteiger charge is -2.19. The second-order valence-electron chi connectivity index (χ2n) is 4.51. The number of halogens is 1. The molecule has 1 aliphatic rings. The zero-order valence-electron chi connectivity index (χ0n) is 10.7. The van der Waals surface area contributed by atoms with Crippen molar-refractivity contribution < 1.29 is 0 Å². The van der Waals surface area contributed by atoms with E-state index in [1.165, 1.54) is 0 Å². The second-order valence-corrected chi connectivity index (χ2v) is 5.22. The van der Waals surface area contributed by atoms with Crippen molar-refractivity contribution in [2.24, 2.45) is 0 Å². The molecule has 1 aromatic heterocycles. The quantitative estimate of drug-likeness (QED) is 0.828. The third-order valence-corrected chi connectivity index (χ3v) is 3.54. The van der Waals surface area contributed by atoms with Gasteiger partial charge in [0.2, 0.25) is 0 Å². The highest BCUT2D eigenvalue weighted by Crippen LogP contribution is 2.25. The van der Waals surface area contributed by atoms with Crippen LogP contribution in [0.5, 0.6) is 0 Å². The Bertz CT molecular complexity index is 675. The summed E-state index contributed by atoms with van der Waals surface area (Å²) in [4.78, 5) is 8.84. The SMILES string of the molecule is N#Cc1ccc(Nc2nc(Br)nc3c2CNCC3)cc1. The first-order valence-corrected chi connectivity index (χ1v) is 7.09. The lowest BCUT2D eigenvalue weighted by molar-refractivity contribution is 0.626. The molecule has 0 amide bonds. The Morgan fingerprint density at radius 3 is 2.80 bits per heavy atom. The largest absolute Gasteiger partial charge is 0.340 e. The molecule has 2 N–H and O–H groups in total. The van der Waals surface area contributed by atoms with Gasteiger partial charge < -0.3 is 10.6 Å². The Morgan fingerprint density at radius 1 is 1.25 bits per heavy atom. The van der Waals surface area contributed by atoms with Gasteiger partial charge in [-0.15, -0.1) is 0 Å². The van der Waals surface area contributed by atoms with Gasteiger partial charge in [0.25, 0.3) is 0 Å². The zero-order chi connectivity index (χ0) is 13.9. The molecule has 5 nitrogen and oxygen atoms in total. The molecule has 100 valence electrons. The average Bonchev–Trinajstić information content (AvgIpc) is 2.48. The summed E-state index contributed by atoms with van der Waals surface area (Å²) in [7, 11) is 0. The van der Waals surface area contributed by atoms with E-state index in [-0.39, 0.29) is 0 Å². The van der Waals surface area contributed by atoms with Crippen LogP contribution in [-0.4, -0.2) is 16.5 Å². The summed E-state index contributed by atoms with van der Waals surface area (Å²) in [5, 5.41) is 15.4. The van der Waals surface area contributed by atoms with Crippen LogP contribution in [0, 0.1) is 11.3 Å². The van der Waals surface area contributed by atoms with Crippen LogP contribution in [0.3, 0.4) is 0 Å². The lowest BCUT2D eigenvalue weighted by atomic mass is 10.1. The minimum Gasteiger partial charge on any atom is -0.340 e. The van der Waals surface area contributed by atoms with Crippen molar-refractivity contribution >= 4 is 27.4 Å². The number of fused-ring (bicyclic) bond motifs is 1. The molecule has 0 aliphatic carbocycles. The smallest absolute Gasteiger partial charge is 0.198 e. The first kappa shape index (κ1) is 13.0. The van der Waals surface area contributed by atoms with E-state index >= 15 is 0 Å². The number of nitrogens with zero attached hydrogens (tertiary/aromatic N) is 3. The minimum atomic E-state index is 0.592. The molecule has 0 atom stereocenters. The molecule has 3 rings (SSSR count). The van der Waals surface area contributed by atoms with Crippen LogP contribution in [-0.2, 0) is 13.0 Å². The molecule has 1 aromatic carbocycles. The maximum absolute atomic E-state index is 8.81. The van der Waals surface area contributed by atoms with Crippen LogP contribution in [0.4, 0.5) is 11.5 Å². The highest BCUT2D eigenvalue weighted by atomic mass is 79.9. The second kappa shape index (κ2) is 5.57. The van der Waals surface area contributed by atoms with Crippen LogP contribution < -0.4 is 10.6 Å². The third kappa shape index (κ3) is 2.64. The summed E-state index contributed by atoms with van der Waals surface area (Å²) < 4.78 is 0.592. The zero-order valence-corrected chi connectivity index (χ0v) is 12.2. The number of nitrogens with one attached hydrogen (secondary N) is 2. The highest BCUT2D eigenvalue weighted by molar-refractivity contribution is 9.10. The predicted octanol–water partition coefficient (Wildman–Crippen LogP) is 2.50. The minimum absolute atomic E-state index is 0.592. The van der Waals surface area contributed by atoms with Crippen molar-refractivity contribution in [1.29, 1.82) is 5.26 Å². The number of hydrogen-bond donors (Lipinski definition) is 2. The number of nitriles is 1. The first-order chi connectivity index (χ1) is 9.76. The van der Waals surface area contributed by atoms with E-state index in [0.717, 1.165) is 42.3 Å². The van der Waals surface area contributed by atoms with Gasteiger partial charge in [0, 0.05) is 30.8 Å². The van der Waals surface area contributed by atoms with Crippen molar-refractivity contribution in [3.8, 4) is 6.07 Å². The molecule has 1 aliphatic heterocycles. The van der Waals surface area contributed by atoms with Gasteiger partial charge in [0.1, 0.15) is 5.82 Å². The maximum Gasteiger partial charge on any atom is 0.198 e. The number of anilines is 2. The van der Waals surface area contributed by atoms with Gasteiger partial charge >= 0.3 is 0 Å². The standard InChI is InChI=1S/C14H12BrN5/c15-14-19-12-5-6-17-8-11(12)13(20-14)18-10-3-1-9(7-16)2-4-10/h1-4,17H,5-6,8H2,(H,18,19,20). The summed E-state index contributed by atoms with van der Waals surface area (Å²) in [5.74, 6) is 0.804. The Morgan fingerprint density at radius 2 is 2.05 bits per heavy atom. The molecule has 20 heavy (non-hydrogen) atoms. The molecule has 0 saturated heterocycles. The summed E-state index contributed by atoms with van der Waals surface area (Å²) in [6.45, 7) is 1.70. The van der Waals surface area contributed by atoms with Crippen molar-refractivity contribution in [1.82, 2.24) is 15.3 Å². The molecule has 0 saturated carbocycles. The van der Waals surface area contributed by atoms with Crippen LogP contribution in [0.1, 0.15) is 16.8 Å². The van der Waals surface area contributed by atoms with E-state index in [4.69, 9.17) is 5.26 Å². The summed E-state index contributed by atoms with van der Waals surface area (Å²) in [6, 6.07) is 9.41. The number of benzene rings is 1. The van der Waals surface area contributed by atoms with Crippen LogP contribution in [0.2, 0.25) is 0 Å². The van der Waals surface area contributed by atoms with Gasteiger partial charge in [-0.05, 0) is 40.2 Å². The summed E-state index contributed by atoms with van der Waals surface area (Å²) in [6.07, 6.45) is 0.901. The predicted molar refractivity (Wildman–Crippen MR) is 79.6 cm³/mol. The van der Waals surface area contributed by atoms with Gasteiger partial charge in [-0.1, -0.05) is 0 Å². The fourth-order valence-electron chi connectivity index (χ4n) is 2.18. The van der Waals surface area contributed by atoms with Gasteiger partial charge in [0.05, 0.1) is 17.3 Å². The topological polar surface area (TPSA) is 73.6 Å². The number of rotatable bonds is 2. The van der Waals surface area contributed by atoms with E-state index in [9.17, 15) is 0 Å². The summed E-state index contributed by atoms with van der Waals surface area (Å²) in [5.41, 5.74) is 3.72. The average molecular weight is 330 g/mol. The Balaban J connectivity index is 1.93. The van der Waals surface area contributed by atoms with E-state index in [2.05, 4.69) is 42.6 Å². The van der Waals surface area contributed by atoms with E-state index in [1.54, 1.807) is 12.1 Å². The van der Waals surface area contributed by atoms with Crippen LogP contribution in [0.25, 0.3) is 0 Å². The van der Waals surface area contributed by atoms with E-state index in [1.807, 2.05) is 12.1 Å². The van der Waals surface area contributed by atoms with Crippen molar-refractivity contribution in [2.45, 2.75) is 13.0 Å². The molecule has 0 radical (unpaired) electrons. The van der Waals surface area contributed by atoms with Crippen molar-refractivity contribution in [3.05, 3.63) is 45.8 Å². The monoisotopic (exact) mass is 329 g/mol. The van der Waals surface area contributed by atoms with Gasteiger partial charge in [-0.2, -0.15) is 5.26 Å². The van der Waals surface area contributed by atoms with Gasteiger partial charge in [-0.3, -0.25) is 0 Å². The normalized spacial score (nSPS) is 13.4. The fourth-order valence-corrected chi connectivity index (χ4v) is 2.57. The highest BCUT2D eigenvalue weighted by Gasteiger charge is 2.16. The molecule has 0 spiro atoms. The first-order valence-electron chi connectivity index (χ1n) is 6.29. The molecule has 2 aromatic rings. The van der Waals surface area contributed by atoms with Gasteiger partial charge in [-0.25, -0.2) is 9.97 Å². The Kier molecular flexibility index (Phi) is 3.63. The van der Waals surface area contributed by atoms with Crippen molar-refractivity contribution in [2.75, 3.05) is 11.9 Å². The molecular weight excluding hydrogens is 318 g/mol. The van der Waals surface area contributed by atoms with Crippen LogP contribution in [0.15, 0.2) is 29.0 Å². The van der Waals surface area contributed by atoms with E-state index < -0.39 is 0 Å². The molecule has 0 fully saturated rings. The molecule has 6 heteroatoms. The van der Waals surface area contributed by atoms with Gasteiger partial charge in [0.15, 0.2) is 4.73 Å². The Labute approximate surface area is 125 Å². The number of hydrogen-bond acceptors (Lipinski definition) is 5. The van der Waals surface area contributed by atoms with Crippen LogP contribution >= 0.6 is 15.9 Å². The fraction of sp³-hybridized carbons (Fsp3) is 0.214. The van der Waals surface area contributed by atoms with E-state index in [0.29, 0.717) is 10.3 Å².